The molecule has 0 atom stereocenters. The van der Waals surface area contributed by atoms with Crippen LogP contribution in [-0.4, -0.2) is 28.2 Å². The van der Waals surface area contributed by atoms with E-state index in [1.807, 2.05) is 18.3 Å². The molecule has 0 radical (unpaired) electrons. The molecule has 23 heavy (non-hydrogen) atoms. The van der Waals surface area contributed by atoms with E-state index in [-0.39, 0.29) is 12.4 Å². The Labute approximate surface area is 141 Å². The topological polar surface area (TPSA) is 81.1 Å². The van der Waals surface area contributed by atoms with E-state index in [4.69, 9.17) is 10.3 Å². The van der Waals surface area contributed by atoms with Gasteiger partial charge in [0.15, 0.2) is 5.82 Å². The third-order valence-corrected chi connectivity index (χ3v) is 4.79. The number of aromatic nitrogens is 3. The smallest absolute Gasteiger partial charge is 0.261 e. The molecule has 2 aromatic heterocycles. The van der Waals surface area contributed by atoms with Gasteiger partial charge in [-0.15, -0.1) is 12.4 Å². The molecular formula is C16H22ClN5O. The summed E-state index contributed by atoms with van der Waals surface area (Å²) in [6, 6.07) is 3.91. The van der Waals surface area contributed by atoms with Crippen LogP contribution in [0.3, 0.4) is 0 Å². The lowest BCUT2D eigenvalue weighted by atomic mass is 9.99. The second-order valence-corrected chi connectivity index (χ2v) is 6.36. The molecule has 7 heteroatoms. The van der Waals surface area contributed by atoms with Crippen LogP contribution in [0.4, 0.5) is 5.82 Å². The highest BCUT2D eigenvalue weighted by Gasteiger charge is 2.36. The molecule has 1 aliphatic heterocycles. The average molecular weight is 336 g/mol. The second kappa shape index (κ2) is 6.45. The zero-order valence-corrected chi connectivity index (χ0v) is 13.9. The molecule has 2 aliphatic rings. The van der Waals surface area contributed by atoms with Crippen molar-refractivity contribution in [3.8, 4) is 11.5 Å². The highest BCUT2D eigenvalue weighted by molar-refractivity contribution is 5.85. The third kappa shape index (κ3) is 2.93. The highest BCUT2D eigenvalue weighted by Crippen LogP contribution is 2.36. The lowest BCUT2D eigenvalue weighted by Crippen LogP contribution is -2.34. The van der Waals surface area contributed by atoms with Gasteiger partial charge in [0.25, 0.3) is 5.89 Å². The van der Waals surface area contributed by atoms with Crippen molar-refractivity contribution in [2.24, 2.45) is 5.73 Å². The van der Waals surface area contributed by atoms with Gasteiger partial charge in [-0.3, -0.25) is 0 Å². The van der Waals surface area contributed by atoms with Crippen LogP contribution in [0.15, 0.2) is 22.9 Å². The van der Waals surface area contributed by atoms with Gasteiger partial charge in [0, 0.05) is 19.3 Å². The van der Waals surface area contributed by atoms with E-state index in [2.05, 4.69) is 20.0 Å². The van der Waals surface area contributed by atoms with Crippen molar-refractivity contribution < 1.29 is 4.52 Å². The van der Waals surface area contributed by atoms with E-state index < -0.39 is 5.54 Å². The predicted octanol–water partition coefficient (Wildman–Crippen LogP) is 2.88. The maximum atomic E-state index is 6.42. The first-order valence-corrected chi connectivity index (χ1v) is 8.10. The van der Waals surface area contributed by atoms with Crippen molar-refractivity contribution in [1.82, 2.24) is 15.1 Å². The van der Waals surface area contributed by atoms with Crippen LogP contribution in [0.1, 0.15) is 44.3 Å². The second-order valence-electron chi connectivity index (χ2n) is 6.36. The molecule has 2 aromatic rings. The van der Waals surface area contributed by atoms with Crippen LogP contribution in [0.25, 0.3) is 11.5 Å². The Kier molecular flexibility index (Phi) is 4.55. The monoisotopic (exact) mass is 335 g/mol. The Bertz CT molecular complexity index is 662. The van der Waals surface area contributed by atoms with Crippen molar-refractivity contribution in [2.45, 2.75) is 44.1 Å². The molecule has 4 rings (SSSR count). The van der Waals surface area contributed by atoms with Gasteiger partial charge < -0.3 is 15.2 Å². The summed E-state index contributed by atoms with van der Waals surface area (Å²) in [5, 5.41) is 4.16. The van der Waals surface area contributed by atoms with Gasteiger partial charge in [-0.05, 0) is 37.8 Å². The van der Waals surface area contributed by atoms with Gasteiger partial charge in [0.2, 0.25) is 0 Å². The van der Waals surface area contributed by atoms with E-state index in [1.165, 1.54) is 12.8 Å². The molecule has 2 N–H and O–H groups in total. The largest absolute Gasteiger partial charge is 0.356 e. The van der Waals surface area contributed by atoms with Crippen molar-refractivity contribution in [3.05, 3.63) is 24.2 Å². The number of pyridine rings is 1. The van der Waals surface area contributed by atoms with Crippen LogP contribution < -0.4 is 10.6 Å². The van der Waals surface area contributed by atoms with E-state index in [9.17, 15) is 0 Å². The summed E-state index contributed by atoms with van der Waals surface area (Å²) < 4.78 is 5.52. The zero-order chi connectivity index (χ0) is 15.0. The van der Waals surface area contributed by atoms with Crippen molar-refractivity contribution in [1.29, 1.82) is 0 Å². The van der Waals surface area contributed by atoms with Crippen LogP contribution in [0, 0.1) is 0 Å². The normalized spacial score (nSPS) is 19.8. The van der Waals surface area contributed by atoms with Crippen LogP contribution >= 0.6 is 12.4 Å². The first-order valence-electron chi connectivity index (χ1n) is 8.10. The van der Waals surface area contributed by atoms with Crippen LogP contribution in [0.5, 0.6) is 0 Å². The fourth-order valence-corrected chi connectivity index (χ4v) is 3.51. The van der Waals surface area contributed by atoms with E-state index in [1.54, 1.807) is 0 Å². The molecule has 0 bridgehead atoms. The molecule has 0 aromatic carbocycles. The summed E-state index contributed by atoms with van der Waals surface area (Å²) in [6.07, 6.45) is 8.35. The lowest BCUT2D eigenvalue weighted by Gasteiger charge is -2.18. The Balaban J connectivity index is 0.00000156. The highest BCUT2D eigenvalue weighted by atomic mass is 35.5. The standard InChI is InChI=1S/C16H21N5O.ClH/c17-16(7-1-2-8-16)15-19-14(22-20-15)12-6-5-9-18-13(12)21-10-3-4-11-21;/h5-6,9H,1-4,7-8,10-11,17H2;1H. The number of hydrogen-bond donors (Lipinski definition) is 1. The molecule has 3 heterocycles. The van der Waals surface area contributed by atoms with Crippen molar-refractivity contribution in [2.75, 3.05) is 18.0 Å². The molecule has 1 saturated carbocycles. The van der Waals surface area contributed by atoms with Gasteiger partial charge in [-0.25, -0.2) is 4.98 Å². The molecule has 1 aliphatic carbocycles. The summed E-state index contributed by atoms with van der Waals surface area (Å²) in [5.74, 6) is 2.10. The Hall–Kier alpha value is -1.66. The molecule has 0 amide bonds. The number of nitrogens with two attached hydrogens (primary N) is 1. The van der Waals surface area contributed by atoms with E-state index in [0.717, 1.165) is 50.2 Å². The van der Waals surface area contributed by atoms with Gasteiger partial charge in [0.1, 0.15) is 5.82 Å². The minimum atomic E-state index is -0.419. The maximum absolute atomic E-state index is 6.42. The van der Waals surface area contributed by atoms with Crippen LogP contribution in [0.2, 0.25) is 0 Å². The average Bonchev–Trinajstić information content (AvgIpc) is 3.29. The van der Waals surface area contributed by atoms with Gasteiger partial charge in [-0.2, -0.15) is 4.98 Å². The van der Waals surface area contributed by atoms with Gasteiger partial charge in [-0.1, -0.05) is 18.0 Å². The Morgan fingerprint density at radius 3 is 2.61 bits per heavy atom. The van der Waals surface area contributed by atoms with E-state index in [0.29, 0.717) is 11.7 Å². The fourth-order valence-electron chi connectivity index (χ4n) is 3.51. The maximum Gasteiger partial charge on any atom is 0.261 e. The molecule has 0 unspecified atom stereocenters. The molecular weight excluding hydrogens is 314 g/mol. The SMILES string of the molecule is Cl.NC1(c2noc(-c3cccnc3N3CCCC3)n2)CCCC1. The summed E-state index contributed by atoms with van der Waals surface area (Å²) in [7, 11) is 0. The number of nitrogens with zero attached hydrogens (tertiary/aromatic N) is 4. The van der Waals surface area contributed by atoms with E-state index >= 15 is 0 Å². The summed E-state index contributed by atoms with van der Waals surface area (Å²) >= 11 is 0. The third-order valence-electron chi connectivity index (χ3n) is 4.79. The zero-order valence-electron chi connectivity index (χ0n) is 13.1. The van der Waals surface area contributed by atoms with Gasteiger partial charge >= 0.3 is 0 Å². The number of anilines is 1. The van der Waals surface area contributed by atoms with Crippen molar-refractivity contribution in [3.63, 3.8) is 0 Å². The molecule has 2 fully saturated rings. The Morgan fingerprint density at radius 1 is 1.13 bits per heavy atom. The Morgan fingerprint density at radius 2 is 1.87 bits per heavy atom. The summed E-state index contributed by atoms with van der Waals surface area (Å²) in [6.45, 7) is 2.07. The molecule has 124 valence electrons. The number of rotatable bonds is 3. The number of halogens is 1. The lowest BCUT2D eigenvalue weighted by molar-refractivity contribution is 0.372. The van der Waals surface area contributed by atoms with Gasteiger partial charge in [0.05, 0.1) is 11.1 Å². The molecule has 0 spiro atoms. The predicted molar refractivity (Wildman–Crippen MR) is 90.6 cm³/mol. The summed E-state index contributed by atoms with van der Waals surface area (Å²) in [5.41, 5.74) is 6.91. The quantitative estimate of drug-likeness (QED) is 0.928. The molecule has 1 saturated heterocycles. The van der Waals surface area contributed by atoms with Crippen molar-refractivity contribution >= 4 is 18.2 Å². The first-order chi connectivity index (χ1) is 10.8. The molecule has 6 nitrogen and oxygen atoms in total. The fraction of sp³-hybridized carbons (Fsp3) is 0.562. The minimum absolute atomic E-state index is 0. The summed E-state index contributed by atoms with van der Waals surface area (Å²) in [4.78, 5) is 11.4. The number of hydrogen-bond acceptors (Lipinski definition) is 6. The van der Waals surface area contributed by atoms with Crippen LogP contribution in [-0.2, 0) is 5.54 Å². The first kappa shape index (κ1) is 16.2. The minimum Gasteiger partial charge on any atom is -0.356 e.